The van der Waals surface area contributed by atoms with Crippen molar-refractivity contribution in [1.29, 1.82) is 0 Å². The predicted molar refractivity (Wildman–Crippen MR) is 173 cm³/mol. The smallest absolute Gasteiger partial charge is 0.00264 e. The minimum Gasteiger partial charge on any atom is -0.180 e. The van der Waals surface area contributed by atoms with E-state index >= 15 is 0 Å². The third-order valence-electron chi connectivity index (χ3n) is 8.36. The topological polar surface area (TPSA) is 0 Å². The molecule has 7 aromatic rings. The van der Waals surface area contributed by atoms with Crippen LogP contribution in [0.2, 0.25) is 13.1 Å². The van der Waals surface area contributed by atoms with Crippen LogP contribution in [0.3, 0.4) is 0 Å². The first kappa shape index (κ1) is 23.6. The Hall–Kier alpha value is -4.46. The summed E-state index contributed by atoms with van der Waals surface area (Å²) in [5, 5.41) is 10.7. The quantitative estimate of drug-likeness (QED) is 0.162. The van der Waals surface area contributed by atoms with Crippen LogP contribution >= 0.6 is 0 Å². The molecule has 7 aromatic carbocycles. The molecule has 0 saturated heterocycles. The van der Waals surface area contributed by atoms with Crippen LogP contribution in [-0.4, -0.2) is 8.07 Å². The van der Waals surface area contributed by atoms with Crippen LogP contribution in [0.1, 0.15) is 0 Å². The van der Waals surface area contributed by atoms with Gasteiger partial charge in [0.05, 0.1) is 0 Å². The van der Waals surface area contributed by atoms with E-state index in [-0.39, 0.29) is 0 Å². The predicted octanol–water partition coefficient (Wildman–Crippen LogP) is 9.30. The Balaban J connectivity index is 1.39. The highest BCUT2D eigenvalue weighted by molar-refractivity contribution is 7.00. The van der Waals surface area contributed by atoms with Crippen LogP contribution in [0, 0.1) is 0 Å². The van der Waals surface area contributed by atoms with E-state index in [0.717, 1.165) is 0 Å². The zero-order valence-electron chi connectivity index (χ0n) is 22.4. The molecule has 0 aliphatic rings. The Morgan fingerprint density at radius 1 is 0.359 bits per heavy atom. The van der Waals surface area contributed by atoms with Gasteiger partial charge in [-0.3, -0.25) is 0 Å². The lowest BCUT2D eigenvalue weighted by atomic mass is 9.86. The fourth-order valence-electron chi connectivity index (χ4n) is 6.15. The molecule has 0 aliphatic carbocycles. The van der Waals surface area contributed by atoms with Crippen LogP contribution in [0.25, 0.3) is 54.6 Å². The van der Waals surface area contributed by atoms with Gasteiger partial charge in [0.25, 0.3) is 0 Å². The van der Waals surface area contributed by atoms with Gasteiger partial charge in [-0.15, -0.1) is 0 Å². The monoisotopic (exact) mass is 514 g/mol. The maximum atomic E-state index is 2.46. The largest absolute Gasteiger partial charge is 0.180 e. The van der Waals surface area contributed by atoms with Crippen LogP contribution in [0.15, 0.2) is 146 Å². The lowest BCUT2D eigenvalue weighted by Gasteiger charge is -2.37. The SMILES string of the molecule is C[Si-](C)(c1ccc(-c2c3ccccc3c(-c3ccccc3)c3ccccc23)cc1)c1ccc2ccccc2c1. The molecule has 0 aromatic heterocycles. The van der Waals surface area contributed by atoms with Crippen LogP contribution in [0.5, 0.6) is 0 Å². The normalized spacial score (nSPS) is 11.8. The van der Waals surface area contributed by atoms with Gasteiger partial charge in [-0.05, 0) is 54.6 Å². The van der Waals surface area contributed by atoms with Gasteiger partial charge in [-0.2, -0.15) is 23.5 Å². The van der Waals surface area contributed by atoms with Crippen molar-refractivity contribution in [3.63, 3.8) is 0 Å². The fraction of sp³-hybridized carbons (Fsp3) is 0.0526. The summed E-state index contributed by atoms with van der Waals surface area (Å²) in [4.78, 5) is 0. The van der Waals surface area contributed by atoms with Gasteiger partial charge >= 0.3 is 0 Å². The molecule has 0 bridgehead atoms. The van der Waals surface area contributed by atoms with Crippen LogP contribution < -0.4 is 10.4 Å². The highest BCUT2D eigenvalue weighted by Crippen LogP contribution is 2.43. The van der Waals surface area contributed by atoms with Crippen molar-refractivity contribution in [2.45, 2.75) is 13.1 Å². The van der Waals surface area contributed by atoms with Gasteiger partial charge in [-0.25, -0.2) is 0 Å². The molecule has 0 amide bonds. The Kier molecular flexibility index (Phi) is 5.68. The molecular weight excluding hydrogens is 485 g/mol. The third kappa shape index (κ3) is 3.98. The zero-order chi connectivity index (χ0) is 26.4. The number of fused-ring (bicyclic) bond motifs is 3. The van der Waals surface area contributed by atoms with Gasteiger partial charge in [0.1, 0.15) is 0 Å². The van der Waals surface area contributed by atoms with Crippen LogP contribution in [0.4, 0.5) is 0 Å². The van der Waals surface area contributed by atoms with Gasteiger partial charge in [-0.1, -0.05) is 154 Å². The van der Waals surface area contributed by atoms with Crippen molar-refractivity contribution < 1.29 is 0 Å². The van der Waals surface area contributed by atoms with Crippen molar-refractivity contribution in [3.05, 3.63) is 146 Å². The van der Waals surface area contributed by atoms with Gasteiger partial charge in [0, 0.05) is 0 Å². The lowest BCUT2D eigenvalue weighted by molar-refractivity contribution is 1.65. The van der Waals surface area contributed by atoms with Crippen molar-refractivity contribution in [1.82, 2.24) is 0 Å². The van der Waals surface area contributed by atoms with E-state index in [2.05, 4.69) is 159 Å². The fourth-order valence-corrected chi connectivity index (χ4v) is 8.50. The molecule has 0 N–H and O–H groups in total. The molecule has 0 nitrogen and oxygen atoms in total. The molecule has 0 fully saturated rings. The van der Waals surface area contributed by atoms with E-state index in [1.807, 2.05) is 0 Å². The molecule has 0 spiro atoms. The van der Waals surface area contributed by atoms with E-state index in [1.165, 1.54) is 64.9 Å². The van der Waals surface area contributed by atoms with E-state index in [4.69, 9.17) is 0 Å². The maximum absolute atomic E-state index is 2.46. The summed E-state index contributed by atoms with van der Waals surface area (Å²) in [7, 11) is -1.86. The van der Waals surface area contributed by atoms with E-state index in [1.54, 1.807) is 0 Å². The summed E-state index contributed by atoms with van der Waals surface area (Å²) < 4.78 is 0. The Morgan fingerprint density at radius 2 is 0.795 bits per heavy atom. The van der Waals surface area contributed by atoms with Crippen molar-refractivity contribution in [2.24, 2.45) is 0 Å². The molecular formula is C38H30Si-. The van der Waals surface area contributed by atoms with Gasteiger partial charge in [0.15, 0.2) is 0 Å². The van der Waals surface area contributed by atoms with Gasteiger partial charge < -0.3 is 0 Å². The average molecular weight is 515 g/mol. The Morgan fingerprint density at radius 3 is 1.36 bits per heavy atom. The summed E-state index contributed by atoms with van der Waals surface area (Å²) in [5.74, 6) is 0. The zero-order valence-corrected chi connectivity index (χ0v) is 23.4. The second kappa shape index (κ2) is 9.38. The molecule has 187 valence electrons. The first-order chi connectivity index (χ1) is 19.1. The molecule has 0 radical (unpaired) electrons. The minimum atomic E-state index is -1.86. The summed E-state index contributed by atoms with van der Waals surface area (Å²) in [6, 6.07) is 53.7. The minimum absolute atomic E-state index is 1.26. The first-order valence-electron chi connectivity index (χ1n) is 13.7. The third-order valence-corrected chi connectivity index (χ3v) is 11.9. The van der Waals surface area contributed by atoms with Crippen LogP contribution in [-0.2, 0) is 0 Å². The second-order valence-electron chi connectivity index (χ2n) is 11.0. The molecule has 0 saturated carbocycles. The average Bonchev–Trinajstić information content (AvgIpc) is 3.00. The second-order valence-corrected chi connectivity index (χ2v) is 15.4. The Labute approximate surface area is 231 Å². The summed E-state index contributed by atoms with van der Waals surface area (Å²) >= 11 is 0. The van der Waals surface area contributed by atoms with Crippen molar-refractivity contribution in [2.75, 3.05) is 0 Å². The highest BCUT2D eigenvalue weighted by Gasteiger charge is 2.18. The van der Waals surface area contributed by atoms with E-state index in [0.29, 0.717) is 0 Å². The number of benzene rings is 7. The highest BCUT2D eigenvalue weighted by atomic mass is 28.3. The molecule has 1 heteroatoms. The van der Waals surface area contributed by atoms with E-state index < -0.39 is 8.07 Å². The summed E-state index contributed by atoms with van der Waals surface area (Å²) in [6.45, 7) is 4.93. The van der Waals surface area contributed by atoms with E-state index in [9.17, 15) is 0 Å². The number of hydrogen-bond acceptors (Lipinski definition) is 0. The van der Waals surface area contributed by atoms with Crippen molar-refractivity contribution >= 4 is 50.8 Å². The molecule has 39 heavy (non-hydrogen) atoms. The lowest BCUT2D eigenvalue weighted by Crippen LogP contribution is -2.52. The molecule has 0 heterocycles. The molecule has 7 rings (SSSR count). The molecule has 0 aliphatic heterocycles. The molecule has 0 atom stereocenters. The number of rotatable bonds is 4. The van der Waals surface area contributed by atoms with Gasteiger partial charge in [0.2, 0.25) is 0 Å². The number of hydrogen-bond donors (Lipinski definition) is 0. The summed E-state index contributed by atoms with van der Waals surface area (Å²) in [6.07, 6.45) is 0. The first-order valence-corrected chi connectivity index (χ1v) is 16.7. The summed E-state index contributed by atoms with van der Waals surface area (Å²) in [5.41, 5.74) is 5.16. The maximum Gasteiger partial charge on any atom is -0.00264 e. The Bertz CT molecular complexity index is 1910. The van der Waals surface area contributed by atoms with Crippen molar-refractivity contribution in [3.8, 4) is 22.3 Å². The standard InChI is InChI=1S/C38H30Si/c1-39(2,32-25-20-27-12-6-7-15-30(27)26-32)31-23-21-29(22-24-31)38-35-18-10-8-16-33(35)37(28-13-4-3-5-14-28)34-17-9-11-19-36(34)38/h3-26H,1-2H3/q-1. The molecule has 0 unspecified atom stereocenters.